The summed E-state index contributed by atoms with van der Waals surface area (Å²) in [5.41, 5.74) is 3.88. The average molecular weight is 415 g/mol. The van der Waals surface area contributed by atoms with E-state index in [2.05, 4.69) is 39.8 Å². The Morgan fingerprint density at radius 2 is 1.97 bits per heavy atom. The number of ether oxygens (including phenoxy) is 1. The zero-order valence-electron chi connectivity index (χ0n) is 18.7. The van der Waals surface area contributed by atoms with E-state index in [-0.39, 0.29) is 17.5 Å². The van der Waals surface area contributed by atoms with Gasteiger partial charge in [0.25, 0.3) is 0 Å². The second-order valence-electron chi connectivity index (χ2n) is 9.89. The molecule has 3 aliphatic rings. The Bertz CT molecular complexity index is 868. The number of rotatable bonds is 4. The second kappa shape index (κ2) is 7.19. The average Bonchev–Trinajstić information content (AvgIpc) is 2.59. The highest BCUT2D eigenvalue weighted by Gasteiger charge is 2.49. The van der Waals surface area contributed by atoms with Gasteiger partial charge in [0.2, 0.25) is 0 Å². The molecule has 0 spiro atoms. The van der Waals surface area contributed by atoms with Crippen LogP contribution in [0.1, 0.15) is 87.2 Å². The van der Waals surface area contributed by atoms with E-state index in [1.807, 2.05) is 13.1 Å². The first-order valence-electron chi connectivity index (χ1n) is 11.1. The third kappa shape index (κ3) is 3.62. The van der Waals surface area contributed by atoms with Gasteiger partial charge in [-0.25, -0.2) is 4.79 Å². The Kier molecular flexibility index (Phi) is 5.08. The maximum Gasteiger partial charge on any atom is 0.456 e. The molecule has 1 aromatic rings. The van der Waals surface area contributed by atoms with E-state index in [0.29, 0.717) is 11.5 Å². The van der Waals surface area contributed by atoms with Gasteiger partial charge in [0.05, 0.1) is 0 Å². The molecule has 0 amide bonds. The molecule has 0 fully saturated rings. The van der Waals surface area contributed by atoms with Crippen molar-refractivity contribution in [2.24, 2.45) is 5.92 Å². The van der Waals surface area contributed by atoms with E-state index in [1.165, 1.54) is 5.57 Å². The second-order valence-corrected chi connectivity index (χ2v) is 13.1. The first-order chi connectivity index (χ1) is 13.6. The van der Waals surface area contributed by atoms with E-state index < -0.39 is 8.56 Å². The number of hydrogen-bond donors (Lipinski definition) is 0. The van der Waals surface area contributed by atoms with Gasteiger partial charge in [0, 0.05) is 30.5 Å². The predicted octanol–water partition coefficient (Wildman–Crippen LogP) is 6.28. The van der Waals surface area contributed by atoms with Crippen molar-refractivity contribution in [3.05, 3.63) is 34.4 Å². The largest absolute Gasteiger partial charge is 0.511 e. The highest BCUT2D eigenvalue weighted by Crippen LogP contribution is 2.55. The highest BCUT2D eigenvalue weighted by molar-refractivity contribution is 6.68. The minimum atomic E-state index is -2.56. The number of aryl methyl sites for hydroxylation is 1. The van der Waals surface area contributed by atoms with Gasteiger partial charge in [-0.15, -0.1) is 0 Å². The van der Waals surface area contributed by atoms with Crippen LogP contribution in [0.3, 0.4) is 0 Å². The first-order valence-corrected chi connectivity index (χ1v) is 13.9. The third-order valence-corrected chi connectivity index (χ3v) is 8.02. The minimum Gasteiger partial charge on any atom is -0.511 e. The number of fused-ring (bicyclic) bond motifs is 5. The Morgan fingerprint density at radius 1 is 1.21 bits per heavy atom. The molecule has 4 nitrogen and oxygen atoms in total. The van der Waals surface area contributed by atoms with Crippen molar-refractivity contribution in [2.75, 3.05) is 0 Å². The van der Waals surface area contributed by atoms with Gasteiger partial charge in [0.1, 0.15) is 22.7 Å². The zero-order chi connectivity index (χ0) is 21.0. The molecule has 0 radical (unpaired) electrons. The fourth-order valence-electron chi connectivity index (χ4n) is 5.23. The van der Waals surface area contributed by atoms with Crippen LogP contribution in [0.25, 0.3) is 0 Å². The lowest BCUT2D eigenvalue weighted by atomic mass is 9.67. The van der Waals surface area contributed by atoms with Crippen LogP contribution < -0.4 is 9.16 Å². The maximum atomic E-state index is 13.1. The van der Waals surface area contributed by atoms with Gasteiger partial charge in [-0.3, -0.25) is 0 Å². The number of carbonyl (C=O) groups excluding carboxylic acids is 1. The van der Waals surface area contributed by atoms with Gasteiger partial charge < -0.3 is 13.6 Å². The van der Waals surface area contributed by atoms with Crippen molar-refractivity contribution in [3.8, 4) is 11.5 Å². The summed E-state index contributed by atoms with van der Waals surface area (Å²) in [6.45, 7) is 12.7. The summed E-state index contributed by atoms with van der Waals surface area (Å²) in [6.07, 6.45) is 8.75. The lowest BCUT2D eigenvalue weighted by Gasteiger charge is -2.48. The molecule has 1 aliphatic carbocycles. The summed E-state index contributed by atoms with van der Waals surface area (Å²) in [7, 11) is -2.56. The number of benzene rings is 1. The Labute approximate surface area is 175 Å². The van der Waals surface area contributed by atoms with Crippen LogP contribution in [0, 0.1) is 5.92 Å². The van der Waals surface area contributed by atoms with Crippen LogP contribution >= 0.6 is 0 Å². The molecule has 0 saturated heterocycles. The number of allylic oxidation sites excluding steroid dienone is 2. The van der Waals surface area contributed by atoms with Gasteiger partial charge in [-0.1, -0.05) is 31.4 Å². The van der Waals surface area contributed by atoms with Crippen molar-refractivity contribution in [2.45, 2.75) is 90.8 Å². The molecular weight excluding hydrogens is 380 g/mol. The quantitative estimate of drug-likeness (QED) is 0.330. The summed E-state index contributed by atoms with van der Waals surface area (Å²) >= 11 is 0. The molecule has 0 bridgehead atoms. The topological polar surface area (TPSA) is 44.8 Å². The molecule has 2 atom stereocenters. The molecular formula is C24H34O4Si. The van der Waals surface area contributed by atoms with Crippen molar-refractivity contribution < 1.29 is 18.4 Å². The van der Waals surface area contributed by atoms with E-state index in [4.69, 9.17) is 13.6 Å². The zero-order valence-corrected chi connectivity index (χ0v) is 19.7. The van der Waals surface area contributed by atoms with Crippen molar-refractivity contribution in [1.29, 1.82) is 0 Å². The van der Waals surface area contributed by atoms with Crippen molar-refractivity contribution in [1.82, 2.24) is 0 Å². The van der Waals surface area contributed by atoms with Crippen LogP contribution in [0.15, 0.2) is 17.7 Å². The molecule has 2 aliphatic heterocycles. The molecule has 0 N–H and O–H groups in total. The fourth-order valence-corrected chi connectivity index (χ4v) is 6.52. The van der Waals surface area contributed by atoms with E-state index in [9.17, 15) is 4.79 Å². The first kappa shape index (κ1) is 20.5. The molecule has 1 aromatic carbocycles. The standard InChI is InChI=1S/C24H34O4Si/c1-7-8-9-10-16-14-19-21(22-20(16)23(25)28-29(5,6)27-22)17-13-15(2)11-12-18(17)24(3,4)26-19/h13-14,17-18H,7-12H2,1-6H3. The van der Waals surface area contributed by atoms with Gasteiger partial charge in [-0.2, -0.15) is 0 Å². The molecule has 0 aromatic heterocycles. The van der Waals surface area contributed by atoms with Crippen LogP contribution in [-0.2, 0) is 10.8 Å². The van der Waals surface area contributed by atoms with E-state index in [0.717, 1.165) is 61.2 Å². The van der Waals surface area contributed by atoms with Crippen molar-refractivity contribution in [3.63, 3.8) is 0 Å². The Morgan fingerprint density at radius 3 is 2.69 bits per heavy atom. The summed E-state index contributed by atoms with van der Waals surface area (Å²) in [5, 5.41) is 0. The number of carbonyl (C=O) groups is 1. The normalized spacial score (nSPS) is 26.1. The fraction of sp³-hybridized carbons (Fsp3) is 0.625. The van der Waals surface area contributed by atoms with Crippen molar-refractivity contribution >= 4 is 14.5 Å². The van der Waals surface area contributed by atoms with E-state index in [1.54, 1.807) is 0 Å². The third-order valence-electron chi connectivity index (χ3n) is 6.65. The minimum absolute atomic E-state index is 0.213. The Balaban J connectivity index is 1.92. The summed E-state index contributed by atoms with van der Waals surface area (Å²) in [4.78, 5) is 13.1. The Hall–Kier alpha value is -1.75. The van der Waals surface area contributed by atoms with Crippen LogP contribution in [0.4, 0.5) is 0 Å². The predicted molar refractivity (Wildman–Crippen MR) is 117 cm³/mol. The molecule has 158 valence electrons. The molecule has 5 heteroatoms. The summed E-state index contributed by atoms with van der Waals surface area (Å²) < 4.78 is 18.8. The summed E-state index contributed by atoms with van der Waals surface area (Å²) in [5.74, 6) is 2.03. The molecule has 2 heterocycles. The monoisotopic (exact) mass is 414 g/mol. The van der Waals surface area contributed by atoms with Crippen LogP contribution in [0.5, 0.6) is 11.5 Å². The van der Waals surface area contributed by atoms with Gasteiger partial charge in [0.15, 0.2) is 0 Å². The lowest BCUT2D eigenvalue weighted by molar-refractivity contribution is 0.0106. The van der Waals surface area contributed by atoms with Crippen LogP contribution in [0.2, 0.25) is 13.1 Å². The highest BCUT2D eigenvalue weighted by atomic mass is 28.4. The molecule has 29 heavy (non-hydrogen) atoms. The lowest BCUT2D eigenvalue weighted by Crippen LogP contribution is -2.48. The van der Waals surface area contributed by atoms with E-state index >= 15 is 0 Å². The van der Waals surface area contributed by atoms with Gasteiger partial charge >= 0.3 is 14.5 Å². The maximum absolute atomic E-state index is 13.1. The molecule has 0 saturated carbocycles. The number of hydrogen-bond acceptors (Lipinski definition) is 4. The number of unbranched alkanes of at least 4 members (excludes halogenated alkanes) is 2. The van der Waals surface area contributed by atoms with Gasteiger partial charge in [-0.05, 0) is 58.1 Å². The molecule has 4 rings (SSSR count). The SMILES string of the molecule is CCCCCc1cc2c(c3c1C(=O)O[Si](C)(C)O3)C1C=C(C)CCC1C(C)(C)O2. The summed E-state index contributed by atoms with van der Waals surface area (Å²) in [6, 6.07) is 2.10. The molecule has 2 unspecified atom stereocenters. The smallest absolute Gasteiger partial charge is 0.456 e. The van der Waals surface area contributed by atoms with Crippen LogP contribution in [-0.4, -0.2) is 20.1 Å².